The van der Waals surface area contributed by atoms with Crippen molar-refractivity contribution in [3.05, 3.63) is 23.2 Å². The van der Waals surface area contributed by atoms with Crippen molar-refractivity contribution in [1.82, 2.24) is 0 Å². The van der Waals surface area contributed by atoms with Gasteiger partial charge in [0.05, 0.1) is 12.3 Å². The van der Waals surface area contributed by atoms with Gasteiger partial charge in [0.1, 0.15) is 5.75 Å². The highest BCUT2D eigenvalue weighted by molar-refractivity contribution is 6.30. The zero-order chi connectivity index (χ0) is 15.5. The molecule has 1 fully saturated rings. The third-order valence-corrected chi connectivity index (χ3v) is 4.38. The summed E-state index contributed by atoms with van der Waals surface area (Å²) in [6.07, 6.45) is 4.72. The predicted octanol–water partition coefficient (Wildman–Crippen LogP) is 5.76. The molecule has 1 aromatic rings. The Bertz CT molecular complexity index is 472. The number of benzene rings is 1. The van der Waals surface area contributed by atoms with Crippen LogP contribution in [0.4, 0.5) is 5.69 Å². The van der Waals surface area contributed by atoms with Crippen LogP contribution in [-0.4, -0.2) is 12.6 Å². The van der Waals surface area contributed by atoms with E-state index in [2.05, 4.69) is 33.0 Å². The number of rotatable bonds is 5. The van der Waals surface area contributed by atoms with E-state index < -0.39 is 0 Å². The molecule has 2 rings (SSSR count). The van der Waals surface area contributed by atoms with E-state index in [4.69, 9.17) is 16.3 Å². The minimum absolute atomic E-state index is 0.401. The van der Waals surface area contributed by atoms with Gasteiger partial charge >= 0.3 is 0 Å². The summed E-state index contributed by atoms with van der Waals surface area (Å²) < 4.78 is 5.84. The van der Waals surface area contributed by atoms with Gasteiger partial charge in [0, 0.05) is 11.1 Å². The Morgan fingerprint density at radius 2 is 2.10 bits per heavy atom. The molecule has 3 heteroatoms. The summed E-state index contributed by atoms with van der Waals surface area (Å²) in [7, 11) is 0. The predicted molar refractivity (Wildman–Crippen MR) is 91.4 cm³/mol. The molecule has 0 bridgehead atoms. The second-order valence-corrected chi connectivity index (χ2v) is 7.68. The van der Waals surface area contributed by atoms with Crippen LogP contribution >= 0.6 is 11.6 Å². The number of hydrogen-bond acceptors (Lipinski definition) is 2. The van der Waals surface area contributed by atoms with Crippen molar-refractivity contribution in [3.63, 3.8) is 0 Å². The molecule has 2 nitrogen and oxygen atoms in total. The molecule has 0 aromatic heterocycles. The average Bonchev–Trinajstić information content (AvgIpc) is 2.35. The van der Waals surface area contributed by atoms with Crippen LogP contribution in [0.5, 0.6) is 5.75 Å². The molecule has 1 saturated carbocycles. The quantitative estimate of drug-likeness (QED) is 0.747. The Balaban J connectivity index is 2.12. The third kappa shape index (κ3) is 4.81. The van der Waals surface area contributed by atoms with E-state index in [9.17, 15) is 0 Å². The van der Waals surface area contributed by atoms with Crippen molar-refractivity contribution >= 4 is 17.3 Å². The summed E-state index contributed by atoms with van der Waals surface area (Å²) in [5.41, 5.74) is 1.43. The second-order valence-electron chi connectivity index (χ2n) is 7.24. The van der Waals surface area contributed by atoms with E-state index in [-0.39, 0.29) is 0 Å². The van der Waals surface area contributed by atoms with Crippen LogP contribution < -0.4 is 10.1 Å². The highest BCUT2D eigenvalue weighted by atomic mass is 35.5. The van der Waals surface area contributed by atoms with Crippen molar-refractivity contribution in [2.45, 2.75) is 59.4 Å². The van der Waals surface area contributed by atoms with Crippen molar-refractivity contribution < 1.29 is 4.74 Å². The lowest BCUT2D eigenvalue weighted by molar-refractivity contribution is 0.177. The molecule has 0 spiro atoms. The van der Waals surface area contributed by atoms with E-state index in [1.54, 1.807) is 0 Å². The van der Waals surface area contributed by atoms with E-state index in [0.29, 0.717) is 11.5 Å². The van der Waals surface area contributed by atoms with Gasteiger partial charge in [0.25, 0.3) is 0 Å². The maximum absolute atomic E-state index is 6.16. The Labute approximate surface area is 134 Å². The van der Waals surface area contributed by atoms with Crippen LogP contribution in [0.1, 0.15) is 53.4 Å². The molecule has 0 radical (unpaired) electrons. The molecule has 1 aromatic carbocycles. The normalized spacial score (nSPS) is 24.6. The molecule has 1 aliphatic rings. The molecular formula is C18H28ClNO. The van der Waals surface area contributed by atoms with Crippen molar-refractivity contribution in [2.24, 2.45) is 11.3 Å². The molecule has 0 heterocycles. The van der Waals surface area contributed by atoms with E-state index in [1.165, 1.54) is 19.3 Å². The van der Waals surface area contributed by atoms with Gasteiger partial charge in [-0.25, -0.2) is 0 Å². The summed E-state index contributed by atoms with van der Waals surface area (Å²) >= 11 is 6.16. The molecule has 0 amide bonds. The minimum atomic E-state index is 0.401. The third-order valence-electron chi connectivity index (χ3n) is 4.15. The molecular weight excluding hydrogens is 282 g/mol. The number of anilines is 1. The van der Waals surface area contributed by atoms with Gasteiger partial charge in [-0.05, 0) is 55.2 Å². The van der Waals surface area contributed by atoms with Gasteiger partial charge in [-0.3, -0.25) is 0 Å². The van der Waals surface area contributed by atoms with Gasteiger partial charge in [-0.2, -0.15) is 0 Å². The zero-order valence-electron chi connectivity index (χ0n) is 13.7. The lowest BCUT2D eigenvalue weighted by atomic mass is 9.70. The highest BCUT2D eigenvalue weighted by Gasteiger charge is 2.32. The van der Waals surface area contributed by atoms with E-state index in [1.807, 2.05) is 18.2 Å². The highest BCUT2D eigenvalue weighted by Crippen LogP contribution is 2.40. The summed E-state index contributed by atoms with van der Waals surface area (Å²) in [6.45, 7) is 9.94. The number of ether oxygens (including phenoxy) is 1. The SMILES string of the molecule is CCCOc1ccc(Cl)cc1NC1CC(C)CC(C)(C)C1. The fraction of sp³-hybridized carbons (Fsp3) is 0.667. The van der Waals surface area contributed by atoms with Crippen LogP contribution in [0.15, 0.2) is 18.2 Å². The Morgan fingerprint density at radius 1 is 1.33 bits per heavy atom. The average molecular weight is 310 g/mol. The second kappa shape index (κ2) is 6.91. The smallest absolute Gasteiger partial charge is 0.142 e. The van der Waals surface area contributed by atoms with Crippen molar-refractivity contribution in [3.8, 4) is 5.75 Å². The molecule has 2 atom stereocenters. The van der Waals surface area contributed by atoms with E-state index >= 15 is 0 Å². The number of halogens is 1. The first-order valence-electron chi connectivity index (χ1n) is 8.08. The fourth-order valence-corrected chi connectivity index (χ4v) is 3.80. The molecule has 2 unspecified atom stereocenters. The van der Waals surface area contributed by atoms with Crippen LogP contribution in [0, 0.1) is 11.3 Å². The van der Waals surface area contributed by atoms with Crippen LogP contribution in [0.3, 0.4) is 0 Å². The number of hydrogen-bond donors (Lipinski definition) is 1. The molecule has 118 valence electrons. The first-order valence-corrected chi connectivity index (χ1v) is 8.46. The van der Waals surface area contributed by atoms with Gasteiger partial charge in [0.15, 0.2) is 0 Å². The maximum Gasteiger partial charge on any atom is 0.142 e. The van der Waals surface area contributed by atoms with Crippen LogP contribution in [0.25, 0.3) is 0 Å². The molecule has 0 saturated heterocycles. The van der Waals surface area contributed by atoms with Crippen LogP contribution in [0.2, 0.25) is 5.02 Å². The van der Waals surface area contributed by atoms with Gasteiger partial charge in [-0.1, -0.05) is 39.3 Å². The first-order chi connectivity index (χ1) is 9.89. The molecule has 1 aliphatic carbocycles. The lowest BCUT2D eigenvalue weighted by Gasteiger charge is -2.39. The fourth-order valence-electron chi connectivity index (χ4n) is 3.63. The molecule has 1 N–H and O–H groups in total. The lowest BCUT2D eigenvalue weighted by Crippen LogP contribution is -2.35. The summed E-state index contributed by atoms with van der Waals surface area (Å²) in [6, 6.07) is 6.34. The van der Waals surface area contributed by atoms with Gasteiger partial charge in [-0.15, -0.1) is 0 Å². The summed E-state index contributed by atoms with van der Waals surface area (Å²) in [5, 5.41) is 4.43. The summed E-state index contributed by atoms with van der Waals surface area (Å²) in [5.74, 6) is 1.67. The Kier molecular flexibility index (Phi) is 5.43. The van der Waals surface area contributed by atoms with E-state index in [0.717, 1.165) is 35.4 Å². The monoisotopic (exact) mass is 309 g/mol. The molecule has 0 aliphatic heterocycles. The zero-order valence-corrected chi connectivity index (χ0v) is 14.5. The van der Waals surface area contributed by atoms with Crippen LogP contribution in [-0.2, 0) is 0 Å². The standard InChI is InChI=1S/C18H28ClNO/c1-5-8-21-17-7-6-14(19)10-16(17)20-15-9-13(2)11-18(3,4)12-15/h6-7,10,13,15,20H,5,8-9,11-12H2,1-4H3. The largest absolute Gasteiger partial charge is 0.491 e. The first kappa shape index (κ1) is 16.5. The maximum atomic E-state index is 6.16. The minimum Gasteiger partial charge on any atom is -0.491 e. The Morgan fingerprint density at radius 3 is 2.76 bits per heavy atom. The van der Waals surface area contributed by atoms with Gasteiger partial charge < -0.3 is 10.1 Å². The topological polar surface area (TPSA) is 21.3 Å². The van der Waals surface area contributed by atoms with Crippen molar-refractivity contribution in [2.75, 3.05) is 11.9 Å². The molecule has 21 heavy (non-hydrogen) atoms. The Hall–Kier alpha value is -0.890. The summed E-state index contributed by atoms with van der Waals surface area (Å²) in [4.78, 5) is 0. The van der Waals surface area contributed by atoms with Crippen molar-refractivity contribution in [1.29, 1.82) is 0 Å². The number of nitrogens with one attached hydrogen (secondary N) is 1. The van der Waals surface area contributed by atoms with Gasteiger partial charge in [0.2, 0.25) is 0 Å².